The number of nitrogens with two attached hydrogens (primary N) is 1. The van der Waals surface area contributed by atoms with Crippen molar-refractivity contribution in [3.63, 3.8) is 0 Å². The molecule has 1 aromatic carbocycles. The van der Waals surface area contributed by atoms with Crippen LogP contribution in [0.5, 0.6) is 0 Å². The van der Waals surface area contributed by atoms with Gasteiger partial charge >= 0.3 is 0 Å². The second-order valence-corrected chi connectivity index (χ2v) is 6.35. The Balaban J connectivity index is 1.85. The average molecular weight is 325 g/mol. The summed E-state index contributed by atoms with van der Waals surface area (Å²) in [6, 6.07) is 6.21. The van der Waals surface area contributed by atoms with Crippen LogP contribution in [0, 0.1) is 12.8 Å². The zero-order valence-electron chi connectivity index (χ0n) is 11.3. The molecule has 2 rings (SSSR count). The van der Waals surface area contributed by atoms with E-state index in [4.69, 9.17) is 5.73 Å². The van der Waals surface area contributed by atoms with Crippen LogP contribution in [0.4, 0.5) is 5.69 Å². The number of benzene rings is 1. The van der Waals surface area contributed by atoms with E-state index in [0.29, 0.717) is 18.4 Å². The lowest BCUT2D eigenvalue weighted by Crippen LogP contribution is -2.28. The van der Waals surface area contributed by atoms with Crippen LogP contribution >= 0.6 is 15.9 Å². The predicted octanol–water partition coefficient (Wildman–Crippen LogP) is 3.60. The number of carbonyl (C=O) groups is 1. The van der Waals surface area contributed by atoms with Crippen molar-refractivity contribution in [1.82, 2.24) is 0 Å². The molecular weight excluding hydrogens is 304 g/mol. The van der Waals surface area contributed by atoms with Crippen LogP contribution in [0.1, 0.15) is 37.7 Å². The molecule has 0 saturated heterocycles. The molecule has 3 N–H and O–H groups in total. The number of hydrogen-bond donors (Lipinski definition) is 2. The molecule has 0 bridgehead atoms. The summed E-state index contributed by atoms with van der Waals surface area (Å²) in [5.41, 5.74) is 7.88. The van der Waals surface area contributed by atoms with E-state index in [1.54, 1.807) is 0 Å². The highest BCUT2D eigenvalue weighted by Gasteiger charge is 2.20. The summed E-state index contributed by atoms with van der Waals surface area (Å²) in [6.07, 6.45) is 4.87. The van der Waals surface area contributed by atoms with Crippen LogP contribution in [-0.2, 0) is 4.79 Å². The lowest BCUT2D eigenvalue weighted by atomic mass is 9.84. The molecular formula is C15H21BrN2O. The van der Waals surface area contributed by atoms with Gasteiger partial charge in [-0.25, -0.2) is 0 Å². The molecule has 1 aromatic rings. The van der Waals surface area contributed by atoms with E-state index in [0.717, 1.165) is 41.4 Å². The van der Waals surface area contributed by atoms with Gasteiger partial charge in [0.25, 0.3) is 0 Å². The topological polar surface area (TPSA) is 55.1 Å². The molecule has 1 aliphatic carbocycles. The fourth-order valence-electron chi connectivity index (χ4n) is 2.59. The molecule has 104 valence electrons. The molecule has 0 spiro atoms. The summed E-state index contributed by atoms with van der Waals surface area (Å²) in [5, 5.41) is 2.98. The van der Waals surface area contributed by atoms with Crippen molar-refractivity contribution < 1.29 is 4.79 Å². The maximum Gasteiger partial charge on any atom is 0.224 e. The second-order valence-electron chi connectivity index (χ2n) is 5.50. The highest BCUT2D eigenvalue weighted by Crippen LogP contribution is 2.26. The van der Waals surface area contributed by atoms with Crippen LogP contribution in [0.25, 0.3) is 0 Å². The number of carbonyl (C=O) groups excluding carboxylic acids is 1. The fourth-order valence-corrected chi connectivity index (χ4v) is 2.84. The van der Waals surface area contributed by atoms with Crippen LogP contribution in [0.3, 0.4) is 0 Å². The SMILES string of the molecule is Cc1cc(NC(=O)CC2CCC(N)CC2)ccc1Br. The third kappa shape index (κ3) is 4.32. The van der Waals surface area contributed by atoms with Gasteiger partial charge in [0.2, 0.25) is 5.91 Å². The summed E-state index contributed by atoms with van der Waals surface area (Å²) in [4.78, 5) is 12.0. The Labute approximate surface area is 123 Å². The first-order valence-corrected chi connectivity index (χ1v) is 7.65. The van der Waals surface area contributed by atoms with E-state index in [-0.39, 0.29) is 5.91 Å². The summed E-state index contributed by atoms with van der Waals surface area (Å²) in [7, 11) is 0. The quantitative estimate of drug-likeness (QED) is 0.892. The average Bonchev–Trinajstić information content (AvgIpc) is 2.37. The van der Waals surface area contributed by atoms with E-state index in [9.17, 15) is 4.79 Å². The van der Waals surface area contributed by atoms with Crippen molar-refractivity contribution in [2.24, 2.45) is 11.7 Å². The molecule has 1 saturated carbocycles. The van der Waals surface area contributed by atoms with Gasteiger partial charge < -0.3 is 11.1 Å². The smallest absolute Gasteiger partial charge is 0.224 e. The van der Waals surface area contributed by atoms with Gasteiger partial charge in [0.05, 0.1) is 0 Å². The Bertz CT molecular complexity index is 453. The number of hydrogen-bond acceptors (Lipinski definition) is 2. The summed E-state index contributed by atoms with van der Waals surface area (Å²) < 4.78 is 1.06. The Kier molecular flexibility index (Phi) is 4.99. The first-order valence-electron chi connectivity index (χ1n) is 6.86. The first kappa shape index (κ1) is 14.5. The lowest BCUT2D eigenvalue weighted by molar-refractivity contribution is -0.117. The third-order valence-corrected chi connectivity index (χ3v) is 4.70. The van der Waals surface area contributed by atoms with Gasteiger partial charge in [0.1, 0.15) is 0 Å². The molecule has 0 aromatic heterocycles. The van der Waals surface area contributed by atoms with Crippen LogP contribution in [0.2, 0.25) is 0 Å². The van der Waals surface area contributed by atoms with Gasteiger partial charge in [-0.05, 0) is 62.3 Å². The Morgan fingerprint density at radius 3 is 2.68 bits per heavy atom. The molecule has 1 amide bonds. The summed E-state index contributed by atoms with van der Waals surface area (Å²) in [6.45, 7) is 2.02. The van der Waals surface area contributed by atoms with Crippen molar-refractivity contribution in [1.29, 1.82) is 0 Å². The van der Waals surface area contributed by atoms with Crippen molar-refractivity contribution in [2.45, 2.75) is 45.1 Å². The van der Waals surface area contributed by atoms with Crippen molar-refractivity contribution >= 4 is 27.5 Å². The molecule has 0 atom stereocenters. The molecule has 0 aliphatic heterocycles. The molecule has 19 heavy (non-hydrogen) atoms. The number of rotatable bonds is 3. The number of aryl methyl sites for hydroxylation is 1. The highest BCUT2D eigenvalue weighted by atomic mass is 79.9. The molecule has 1 aliphatic rings. The minimum Gasteiger partial charge on any atom is -0.328 e. The van der Waals surface area contributed by atoms with Crippen molar-refractivity contribution in [3.8, 4) is 0 Å². The lowest BCUT2D eigenvalue weighted by Gasteiger charge is -2.25. The van der Waals surface area contributed by atoms with Gasteiger partial charge in [-0.15, -0.1) is 0 Å². The third-order valence-electron chi connectivity index (χ3n) is 3.81. The Morgan fingerprint density at radius 2 is 2.05 bits per heavy atom. The molecule has 0 unspecified atom stereocenters. The standard InChI is InChI=1S/C15H21BrN2O/c1-10-8-13(6-7-14(10)16)18-15(19)9-11-2-4-12(17)5-3-11/h6-8,11-12H,2-5,9,17H2,1H3,(H,18,19). The van der Waals surface area contributed by atoms with Gasteiger partial charge in [-0.1, -0.05) is 15.9 Å². The largest absolute Gasteiger partial charge is 0.328 e. The van der Waals surface area contributed by atoms with Crippen LogP contribution < -0.4 is 11.1 Å². The van der Waals surface area contributed by atoms with E-state index >= 15 is 0 Å². The van der Waals surface area contributed by atoms with Gasteiger partial charge in [-0.3, -0.25) is 4.79 Å². The summed E-state index contributed by atoms with van der Waals surface area (Å²) in [5.74, 6) is 0.610. The number of amides is 1. The maximum absolute atomic E-state index is 12.0. The molecule has 0 heterocycles. The van der Waals surface area contributed by atoms with E-state index in [1.165, 1.54) is 0 Å². The minimum absolute atomic E-state index is 0.113. The van der Waals surface area contributed by atoms with Gasteiger partial charge in [0.15, 0.2) is 0 Å². The molecule has 4 heteroatoms. The monoisotopic (exact) mass is 324 g/mol. The molecule has 1 fully saturated rings. The predicted molar refractivity (Wildman–Crippen MR) is 82.1 cm³/mol. The van der Waals surface area contributed by atoms with Crippen LogP contribution in [-0.4, -0.2) is 11.9 Å². The second kappa shape index (κ2) is 6.53. The zero-order valence-corrected chi connectivity index (χ0v) is 12.9. The molecule has 0 radical (unpaired) electrons. The summed E-state index contributed by atoms with van der Waals surface area (Å²) >= 11 is 3.46. The minimum atomic E-state index is 0.113. The first-order chi connectivity index (χ1) is 9.04. The van der Waals surface area contributed by atoms with E-state index in [2.05, 4.69) is 21.2 Å². The molecule has 3 nitrogen and oxygen atoms in total. The number of anilines is 1. The van der Waals surface area contributed by atoms with E-state index in [1.807, 2.05) is 25.1 Å². The van der Waals surface area contributed by atoms with E-state index < -0.39 is 0 Å². The Morgan fingerprint density at radius 1 is 1.37 bits per heavy atom. The normalized spacial score (nSPS) is 23.1. The Hall–Kier alpha value is -0.870. The van der Waals surface area contributed by atoms with Crippen LogP contribution in [0.15, 0.2) is 22.7 Å². The zero-order chi connectivity index (χ0) is 13.8. The van der Waals surface area contributed by atoms with Gasteiger partial charge in [-0.2, -0.15) is 0 Å². The fraction of sp³-hybridized carbons (Fsp3) is 0.533. The number of halogens is 1. The van der Waals surface area contributed by atoms with Crippen molar-refractivity contribution in [3.05, 3.63) is 28.2 Å². The van der Waals surface area contributed by atoms with Crippen molar-refractivity contribution in [2.75, 3.05) is 5.32 Å². The maximum atomic E-state index is 12.0. The number of nitrogens with one attached hydrogen (secondary N) is 1. The highest BCUT2D eigenvalue weighted by molar-refractivity contribution is 9.10. The van der Waals surface area contributed by atoms with Gasteiger partial charge in [0, 0.05) is 22.6 Å².